The van der Waals surface area contributed by atoms with E-state index in [2.05, 4.69) is 10.6 Å². The van der Waals surface area contributed by atoms with E-state index in [1.165, 1.54) is 37.4 Å². The standard InChI is InChI=1S/C17H14ClN3O4/c1-19-17(23)12-3-2-4-13(10-12)20-16(22)8-6-11-5-7-14(18)15(9-11)21(24)25/h2-10H,1H3,(H,19,23)(H,20,22)/b8-6+. The highest BCUT2D eigenvalue weighted by atomic mass is 35.5. The Balaban J connectivity index is 2.10. The molecule has 0 saturated carbocycles. The van der Waals surface area contributed by atoms with E-state index in [9.17, 15) is 19.7 Å². The quantitative estimate of drug-likeness (QED) is 0.486. The molecule has 0 unspecified atom stereocenters. The van der Waals surface area contributed by atoms with E-state index in [4.69, 9.17) is 11.6 Å². The fourth-order valence-electron chi connectivity index (χ4n) is 2.01. The first-order valence-electron chi connectivity index (χ1n) is 7.16. The van der Waals surface area contributed by atoms with E-state index in [1.807, 2.05) is 0 Å². The molecule has 0 radical (unpaired) electrons. The molecule has 0 spiro atoms. The smallest absolute Gasteiger partial charge is 0.288 e. The van der Waals surface area contributed by atoms with Gasteiger partial charge in [0.15, 0.2) is 0 Å². The second-order valence-corrected chi connectivity index (χ2v) is 5.36. The molecule has 0 aliphatic rings. The molecule has 128 valence electrons. The second kappa shape index (κ2) is 8.07. The Morgan fingerprint density at radius 2 is 1.96 bits per heavy atom. The minimum absolute atomic E-state index is 0.0256. The van der Waals surface area contributed by atoms with Crippen molar-refractivity contribution in [1.29, 1.82) is 0 Å². The van der Waals surface area contributed by atoms with E-state index in [1.54, 1.807) is 24.3 Å². The van der Waals surface area contributed by atoms with Crippen LogP contribution in [-0.4, -0.2) is 23.8 Å². The summed E-state index contributed by atoms with van der Waals surface area (Å²) in [6.45, 7) is 0. The normalized spacial score (nSPS) is 10.5. The number of carbonyl (C=O) groups excluding carboxylic acids is 2. The number of nitro groups is 1. The Morgan fingerprint density at radius 1 is 1.20 bits per heavy atom. The SMILES string of the molecule is CNC(=O)c1cccc(NC(=O)/C=C/c2ccc(Cl)c([N+](=O)[O-])c2)c1. The summed E-state index contributed by atoms with van der Waals surface area (Å²) < 4.78 is 0. The first-order chi connectivity index (χ1) is 11.9. The molecule has 2 N–H and O–H groups in total. The highest BCUT2D eigenvalue weighted by molar-refractivity contribution is 6.32. The molecule has 0 saturated heterocycles. The lowest BCUT2D eigenvalue weighted by molar-refractivity contribution is -0.384. The van der Waals surface area contributed by atoms with Crippen molar-refractivity contribution in [3.8, 4) is 0 Å². The molecule has 8 heteroatoms. The summed E-state index contributed by atoms with van der Waals surface area (Å²) in [7, 11) is 1.52. The number of nitro benzene ring substituents is 1. The van der Waals surface area contributed by atoms with E-state index in [-0.39, 0.29) is 16.6 Å². The van der Waals surface area contributed by atoms with Gasteiger partial charge in [0.25, 0.3) is 11.6 Å². The van der Waals surface area contributed by atoms with Crippen LogP contribution in [0, 0.1) is 10.1 Å². The van der Waals surface area contributed by atoms with E-state index in [0.717, 1.165) is 0 Å². The predicted molar refractivity (Wildman–Crippen MR) is 95.6 cm³/mol. The molecule has 0 atom stereocenters. The van der Waals surface area contributed by atoms with Crippen LogP contribution in [0.1, 0.15) is 15.9 Å². The monoisotopic (exact) mass is 359 g/mol. The molecule has 0 heterocycles. The molecule has 2 amide bonds. The van der Waals surface area contributed by atoms with Crippen molar-refractivity contribution in [3.63, 3.8) is 0 Å². The molecule has 0 aromatic heterocycles. The number of carbonyl (C=O) groups is 2. The van der Waals surface area contributed by atoms with E-state index < -0.39 is 10.8 Å². The van der Waals surface area contributed by atoms with Crippen molar-refractivity contribution in [3.05, 3.63) is 74.8 Å². The zero-order valence-electron chi connectivity index (χ0n) is 13.2. The Morgan fingerprint density at radius 3 is 2.64 bits per heavy atom. The summed E-state index contributed by atoms with van der Waals surface area (Å²) in [5, 5.41) is 16.0. The first-order valence-corrected chi connectivity index (χ1v) is 7.53. The number of nitrogens with zero attached hydrogens (tertiary/aromatic N) is 1. The van der Waals surface area contributed by atoms with Crippen LogP contribution in [-0.2, 0) is 4.79 Å². The summed E-state index contributed by atoms with van der Waals surface area (Å²) in [6, 6.07) is 10.7. The third-order valence-electron chi connectivity index (χ3n) is 3.21. The largest absolute Gasteiger partial charge is 0.355 e. The van der Waals surface area contributed by atoms with Gasteiger partial charge in [0.05, 0.1) is 4.92 Å². The maximum atomic E-state index is 12.0. The van der Waals surface area contributed by atoms with Crippen LogP contribution in [0.15, 0.2) is 48.5 Å². The van der Waals surface area contributed by atoms with Gasteiger partial charge in [0, 0.05) is 30.4 Å². The molecule has 7 nitrogen and oxygen atoms in total. The van der Waals surface area contributed by atoms with Crippen LogP contribution < -0.4 is 10.6 Å². The molecule has 0 aliphatic heterocycles. The summed E-state index contributed by atoms with van der Waals surface area (Å²) in [5.41, 5.74) is 1.10. The fraction of sp³-hybridized carbons (Fsp3) is 0.0588. The summed E-state index contributed by atoms with van der Waals surface area (Å²) in [4.78, 5) is 33.8. The van der Waals surface area contributed by atoms with Crippen LogP contribution in [0.5, 0.6) is 0 Å². The van der Waals surface area contributed by atoms with Crippen LogP contribution in [0.4, 0.5) is 11.4 Å². The molecule has 0 bridgehead atoms. The van der Waals surface area contributed by atoms with Crippen LogP contribution in [0.25, 0.3) is 6.08 Å². The molecule has 25 heavy (non-hydrogen) atoms. The molecule has 2 rings (SSSR count). The van der Waals surface area contributed by atoms with Crippen molar-refractivity contribution in [2.75, 3.05) is 12.4 Å². The number of benzene rings is 2. The number of halogens is 1. The Hall–Kier alpha value is -3.19. The van der Waals surface area contributed by atoms with Gasteiger partial charge in [-0.1, -0.05) is 23.7 Å². The maximum Gasteiger partial charge on any atom is 0.288 e. The van der Waals surface area contributed by atoms with Gasteiger partial charge < -0.3 is 10.6 Å². The number of nitrogens with one attached hydrogen (secondary N) is 2. The number of anilines is 1. The Kier molecular flexibility index (Phi) is 5.86. The predicted octanol–water partition coefficient (Wildman–Crippen LogP) is 3.26. The minimum Gasteiger partial charge on any atom is -0.355 e. The zero-order chi connectivity index (χ0) is 18.4. The average molecular weight is 360 g/mol. The molecule has 0 fully saturated rings. The van der Waals surface area contributed by atoms with Gasteiger partial charge in [-0.25, -0.2) is 0 Å². The third kappa shape index (κ3) is 4.89. The van der Waals surface area contributed by atoms with Gasteiger partial charge in [-0.2, -0.15) is 0 Å². The first kappa shape index (κ1) is 18.2. The summed E-state index contributed by atoms with van der Waals surface area (Å²) >= 11 is 5.74. The number of hydrogen-bond acceptors (Lipinski definition) is 4. The van der Waals surface area contributed by atoms with Crippen molar-refractivity contribution >= 4 is 40.9 Å². The lowest BCUT2D eigenvalue weighted by atomic mass is 10.1. The molecule has 2 aromatic rings. The van der Waals surface area contributed by atoms with Crippen molar-refractivity contribution in [2.45, 2.75) is 0 Å². The van der Waals surface area contributed by atoms with Gasteiger partial charge >= 0.3 is 0 Å². The molecular weight excluding hydrogens is 346 g/mol. The van der Waals surface area contributed by atoms with Crippen LogP contribution in [0.2, 0.25) is 5.02 Å². The average Bonchev–Trinajstić information content (AvgIpc) is 2.60. The topological polar surface area (TPSA) is 101 Å². The number of amides is 2. The van der Waals surface area contributed by atoms with Crippen molar-refractivity contribution in [2.24, 2.45) is 0 Å². The number of rotatable bonds is 5. The van der Waals surface area contributed by atoms with Gasteiger partial charge in [-0.05, 0) is 35.9 Å². The molecule has 2 aromatic carbocycles. The van der Waals surface area contributed by atoms with Gasteiger partial charge in [-0.15, -0.1) is 0 Å². The molecule has 0 aliphatic carbocycles. The van der Waals surface area contributed by atoms with Crippen molar-refractivity contribution < 1.29 is 14.5 Å². The van der Waals surface area contributed by atoms with E-state index in [0.29, 0.717) is 16.8 Å². The van der Waals surface area contributed by atoms with Gasteiger partial charge in [-0.3, -0.25) is 19.7 Å². The zero-order valence-corrected chi connectivity index (χ0v) is 13.9. The summed E-state index contributed by atoms with van der Waals surface area (Å²) in [5.74, 6) is -0.702. The van der Waals surface area contributed by atoms with Crippen LogP contribution in [0.3, 0.4) is 0 Å². The highest BCUT2D eigenvalue weighted by Crippen LogP contribution is 2.25. The Labute approximate surface area is 148 Å². The van der Waals surface area contributed by atoms with Gasteiger partial charge in [0.1, 0.15) is 5.02 Å². The van der Waals surface area contributed by atoms with Crippen molar-refractivity contribution in [1.82, 2.24) is 5.32 Å². The highest BCUT2D eigenvalue weighted by Gasteiger charge is 2.11. The molecular formula is C17H14ClN3O4. The lowest BCUT2D eigenvalue weighted by Gasteiger charge is -2.05. The second-order valence-electron chi connectivity index (χ2n) is 4.95. The number of hydrogen-bond donors (Lipinski definition) is 2. The van der Waals surface area contributed by atoms with Crippen LogP contribution >= 0.6 is 11.6 Å². The fourth-order valence-corrected chi connectivity index (χ4v) is 2.20. The minimum atomic E-state index is -0.593. The van der Waals surface area contributed by atoms with E-state index >= 15 is 0 Å². The van der Waals surface area contributed by atoms with Gasteiger partial charge in [0.2, 0.25) is 5.91 Å². The lowest BCUT2D eigenvalue weighted by Crippen LogP contribution is -2.18. The third-order valence-corrected chi connectivity index (χ3v) is 3.53. The maximum absolute atomic E-state index is 12.0. The summed E-state index contributed by atoms with van der Waals surface area (Å²) in [6.07, 6.45) is 2.67. The Bertz CT molecular complexity index is 865.